The summed E-state index contributed by atoms with van der Waals surface area (Å²) in [5, 5.41) is 3.37. The highest BCUT2D eigenvalue weighted by atomic mass is 35.5. The van der Waals surface area contributed by atoms with Crippen molar-refractivity contribution in [1.82, 2.24) is 14.9 Å². The zero-order valence-electron chi connectivity index (χ0n) is 14.0. The lowest BCUT2D eigenvalue weighted by molar-refractivity contribution is -0.122. The van der Waals surface area contributed by atoms with Gasteiger partial charge < -0.3 is 10.1 Å². The van der Waals surface area contributed by atoms with Crippen molar-refractivity contribution in [1.29, 1.82) is 0 Å². The smallest absolute Gasteiger partial charge is 0.254 e. The van der Waals surface area contributed by atoms with E-state index in [-0.39, 0.29) is 24.1 Å². The second kappa shape index (κ2) is 7.80. The molecule has 132 valence electrons. The Morgan fingerprint density at radius 3 is 3.00 bits per heavy atom. The van der Waals surface area contributed by atoms with Crippen LogP contribution in [0.4, 0.5) is 0 Å². The molecule has 0 unspecified atom stereocenters. The van der Waals surface area contributed by atoms with Crippen LogP contribution < -0.4 is 10.9 Å². The maximum atomic E-state index is 12.4. The van der Waals surface area contributed by atoms with Crippen molar-refractivity contribution in [2.45, 2.75) is 32.4 Å². The minimum absolute atomic E-state index is 0.0595. The molecule has 1 aromatic heterocycles. The van der Waals surface area contributed by atoms with Gasteiger partial charge in [0.1, 0.15) is 12.4 Å². The van der Waals surface area contributed by atoms with Crippen molar-refractivity contribution in [3.8, 4) is 11.4 Å². The van der Waals surface area contributed by atoms with Crippen molar-refractivity contribution < 1.29 is 9.53 Å². The standard InChI is InChI=1S/C18H20ClN3O3/c1-12-8-17(24)22(11-16(23)20-10-15-6-3-7-25-15)18(21-12)13-4-2-5-14(19)9-13/h2,4-5,8-9,15H,3,6-7,10-11H2,1H3,(H,20,23)/t15-/m1/s1. The highest BCUT2D eigenvalue weighted by Gasteiger charge is 2.17. The quantitative estimate of drug-likeness (QED) is 0.885. The number of benzene rings is 1. The molecule has 1 amide bonds. The Labute approximate surface area is 150 Å². The maximum Gasteiger partial charge on any atom is 0.254 e. The van der Waals surface area contributed by atoms with E-state index in [0.717, 1.165) is 19.4 Å². The number of carbonyl (C=O) groups is 1. The molecule has 25 heavy (non-hydrogen) atoms. The summed E-state index contributed by atoms with van der Waals surface area (Å²) in [4.78, 5) is 29.1. The Kier molecular flexibility index (Phi) is 5.50. The number of hydrogen-bond acceptors (Lipinski definition) is 4. The first-order valence-electron chi connectivity index (χ1n) is 8.25. The van der Waals surface area contributed by atoms with Crippen LogP contribution in [0.5, 0.6) is 0 Å². The first-order chi connectivity index (χ1) is 12.0. The fourth-order valence-electron chi connectivity index (χ4n) is 2.85. The number of hydrogen-bond donors (Lipinski definition) is 1. The van der Waals surface area contributed by atoms with Gasteiger partial charge in [-0.1, -0.05) is 23.7 Å². The Bertz CT molecular complexity index is 829. The summed E-state index contributed by atoms with van der Waals surface area (Å²) >= 11 is 6.05. The molecule has 1 aliphatic rings. The van der Waals surface area contributed by atoms with E-state index in [2.05, 4.69) is 10.3 Å². The van der Waals surface area contributed by atoms with Crippen molar-refractivity contribution in [2.75, 3.05) is 13.2 Å². The van der Waals surface area contributed by atoms with Crippen LogP contribution in [0, 0.1) is 6.92 Å². The number of halogens is 1. The third-order valence-corrected chi connectivity index (χ3v) is 4.31. The molecule has 1 aliphatic heterocycles. The molecule has 2 aromatic rings. The van der Waals surface area contributed by atoms with Gasteiger partial charge in [0.05, 0.1) is 6.10 Å². The lowest BCUT2D eigenvalue weighted by Crippen LogP contribution is -2.37. The van der Waals surface area contributed by atoms with E-state index in [0.29, 0.717) is 28.6 Å². The average Bonchev–Trinajstić information content (AvgIpc) is 3.08. The zero-order valence-corrected chi connectivity index (χ0v) is 14.8. The molecule has 0 aliphatic carbocycles. The molecule has 0 bridgehead atoms. The van der Waals surface area contributed by atoms with E-state index in [1.807, 2.05) is 6.07 Å². The van der Waals surface area contributed by atoms with Crippen molar-refractivity contribution >= 4 is 17.5 Å². The summed E-state index contributed by atoms with van der Waals surface area (Å²) in [6.45, 7) is 2.85. The van der Waals surface area contributed by atoms with E-state index in [4.69, 9.17) is 16.3 Å². The molecule has 1 saturated heterocycles. The van der Waals surface area contributed by atoms with Crippen LogP contribution in [-0.2, 0) is 16.1 Å². The van der Waals surface area contributed by atoms with Gasteiger partial charge in [-0.3, -0.25) is 14.2 Å². The Hall–Kier alpha value is -2.18. The summed E-state index contributed by atoms with van der Waals surface area (Å²) in [5.74, 6) is 0.186. The molecule has 0 radical (unpaired) electrons. The number of aryl methyl sites for hydroxylation is 1. The number of nitrogens with zero attached hydrogens (tertiary/aromatic N) is 2. The van der Waals surface area contributed by atoms with Crippen LogP contribution in [-0.4, -0.2) is 34.7 Å². The third kappa shape index (κ3) is 4.46. The number of rotatable bonds is 5. The van der Waals surface area contributed by atoms with Gasteiger partial charge in [0.15, 0.2) is 0 Å². The predicted molar refractivity (Wildman–Crippen MR) is 95.7 cm³/mol. The van der Waals surface area contributed by atoms with Gasteiger partial charge in [-0.05, 0) is 31.9 Å². The van der Waals surface area contributed by atoms with Crippen LogP contribution in [0.25, 0.3) is 11.4 Å². The minimum atomic E-state index is -0.269. The molecule has 0 spiro atoms. The van der Waals surface area contributed by atoms with E-state index in [1.54, 1.807) is 25.1 Å². The summed E-state index contributed by atoms with van der Waals surface area (Å²) in [6.07, 6.45) is 2.02. The summed E-state index contributed by atoms with van der Waals surface area (Å²) in [5.41, 5.74) is 1.02. The molecule has 6 nitrogen and oxygen atoms in total. The SMILES string of the molecule is Cc1cc(=O)n(CC(=O)NC[C@H]2CCCO2)c(-c2cccc(Cl)c2)n1. The number of carbonyl (C=O) groups excluding carboxylic acids is 1. The van der Waals surface area contributed by atoms with Crippen molar-refractivity contribution in [2.24, 2.45) is 0 Å². The predicted octanol–water partition coefficient (Wildman–Crippen LogP) is 2.17. The lowest BCUT2D eigenvalue weighted by Gasteiger charge is -2.14. The molecular weight excluding hydrogens is 342 g/mol. The first-order valence-corrected chi connectivity index (χ1v) is 8.63. The van der Waals surface area contributed by atoms with Gasteiger partial charge in [0.25, 0.3) is 5.56 Å². The highest BCUT2D eigenvalue weighted by Crippen LogP contribution is 2.20. The number of aromatic nitrogens is 2. The van der Waals surface area contributed by atoms with Gasteiger partial charge in [0, 0.05) is 35.5 Å². The zero-order chi connectivity index (χ0) is 17.8. The van der Waals surface area contributed by atoms with Gasteiger partial charge in [0.2, 0.25) is 5.91 Å². The molecule has 7 heteroatoms. The average molecular weight is 362 g/mol. The lowest BCUT2D eigenvalue weighted by atomic mass is 10.2. The number of ether oxygens (including phenoxy) is 1. The molecule has 3 rings (SSSR count). The van der Waals surface area contributed by atoms with Crippen LogP contribution >= 0.6 is 11.6 Å². The Morgan fingerprint density at radius 2 is 2.28 bits per heavy atom. The monoisotopic (exact) mass is 361 g/mol. The normalized spacial score (nSPS) is 16.8. The van der Waals surface area contributed by atoms with E-state index >= 15 is 0 Å². The largest absolute Gasteiger partial charge is 0.376 e. The highest BCUT2D eigenvalue weighted by molar-refractivity contribution is 6.30. The van der Waals surface area contributed by atoms with Gasteiger partial charge in [-0.25, -0.2) is 4.98 Å². The summed E-state index contributed by atoms with van der Waals surface area (Å²) in [6, 6.07) is 8.49. The molecule has 1 aromatic carbocycles. The molecule has 1 fully saturated rings. The van der Waals surface area contributed by atoms with Crippen LogP contribution in [0.1, 0.15) is 18.5 Å². The topological polar surface area (TPSA) is 73.2 Å². The van der Waals surface area contributed by atoms with E-state index in [9.17, 15) is 9.59 Å². The Balaban J connectivity index is 1.82. The second-order valence-electron chi connectivity index (χ2n) is 6.09. The molecule has 2 heterocycles. The maximum absolute atomic E-state index is 12.4. The molecule has 1 N–H and O–H groups in total. The van der Waals surface area contributed by atoms with Gasteiger partial charge >= 0.3 is 0 Å². The number of amides is 1. The molecule has 1 atom stereocenters. The fourth-order valence-corrected chi connectivity index (χ4v) is 3.04. The van der Waals surface area contributed by atoms with E-state index < -0.39 is 0 Å². The van der Waals surface area contributed by atoms with Crippen LogP contribution in [0.15, 0.2) is 35.1 Å². The summed E-state index contributed by atoms with van der Waals surface area (Å²) in [7, 11) is 0. The Morgan fingerprint density at radius 1 is 1.44 bits per heavy atom. The first kappa shape index (κ1) is 17.6. The third-order valence-electron chi connectivity index (χ3n) is 4.07. The van der Waals surface area contributed by atoms with E-state index in [1.165, 1.54) is 10.6 Å². The summed E-state index contributed by atoms with van der Waals surface area (Å²) < 4.78 is 6.85. The van der Waals surface area contributed by atoms with Crippen molar-refractivity contribution in [3.05, 3.63) is 51.4 Å². The van der Waals surface area contributed by atoms with Crippen molar-refractivity contribution in [3.63, 3.8) is 0 Å². The van der Waals surface area contributed by atoms with Crippen LogP contribution in [0.2, 0.25) is 5.02 Å². The van der Waals surface area contributed by atoms with Crippen LogP contribution in [0.3, 0.4) is 0 Å². The van der Waals surface area contributed by atoms with Gasteiger partial charge in [-0.15, -0.1) is 0 Å². The van der Waals surface area contributed by atoms with Gasteiger partial charge in [-0.2, -0.15) is 0 Å². The second-order valence-corrected chi connectivity index (χ2v) is 6.53. The molecular formula is C18H20ClN3O3. The molecule has 0 saturated carbocycles. The number of nitrogens with one attached hydrogen (secondary N) is 1. The minimum Gasteiger partial charge on any atom is -0.376 e. The fraction of sp³-hybridized carbons (Fsp3) is 0.389.